The molecule has 0 spiro atoms. The van der Waals surface area contributed by atoms with Gasteiger partial charge in [0.25, 0.3) is 17.7 Å². The van der Waals surface area contributed by atoms with Crippen molar-refractivity contribution in [1.29, 1.82) is 0 Å². The molecule has 4 rings (SSSR count). The summed E-state index contributed by atoms with van der Waals surface area (Å²) in [5.74, 6) is -2.75. The van der Waals surface area contributed by atoms with Crippen molar-refractivity contribution < 1.29 is 23.9 Å². The molecule has 170 valence electrons. The number of ether oxygens (including phenoxy) is 1. The van der Waals surface area contributed by atoms with Crippen molar-refractivity contribution in [3.8, 4) is 0 Å². The fourth-order valence-corrected chi connectivity index (χ4v) is 3.78. The van der Waals surface area contributed by atoms with Gasteiger partial charge in [-0.1, -0.05) is 65.7 Å². The molecular formula is C25H16Cl2N2O5. The number of fused-ring (bicyclic) bond motifs is 1. The Morgan fingerprint density at radius 3 is 2.12 bits per heavy atom. The fraction of sp³-hybridized carbons (Fsp3) is 0.0400. The zero-order valence-corrected chi connectivity index (χ0v) is 19.0. The number of imide groups is 1. The van der Waals surface area contributed by atoms with E-state index in [0.29, 0.717) is 10.6 Å². The van der Waals surface area contributed by atoms with Crippen LogP contribution < -0.4 is 5.32 Å². The molecule has 9 heteroatoms. The molecule has 1 aliphatic rings. The van der Waals surface area contributed by atoms with Gasteiger partial charge in [0.1, 0.15) is 5.70 Å². The van der Waals surface area contributed by atoms with Crippen LogP contribution in [0.15, 0.2) is 78.5 Å². The lowest BCUT2D eigenvalue weighted by atomic mass is 10.1. The van der Waals surface area contributed by atoms with E-state index in [1.54, 1.807) is 42.5 Å². The molecule has 0 radical (unpaired) electrons. The minimum Gasteiger partial charge on any atom is -0.439 e. The Labute approximate surface area is 204 Å². The fourth-order valence-electron chi connectivity index (χ4n) is 3.28. The molecule has 3 aromatic rings. The highest BCUT2D eigenvalue weighted by atomic mass is 35.5. The first-order valence-corrected chi connectivity index (χ1v) is 10.8. The summed E-state index contributed by atoms with van der Waals surface area (Å²) in [4.78, 5) is 51.5. The Hall–Kier alpha value is -3.94. The topological polar surface area (TPSA) is 92.8 Å². The molecule has 1 N–H and O–H groups in total. The van der Waals surface area contributed by atoms with Crippen LogP contribution in [0.1, 0.15) is 36.6 Å². The highest BCUT2D eigenvalue weighted by Crippen LogP contribution is 2.23. The molecular weight excluding hydrogens is 479 g/mol. The number of halogens is 2. The van der Waals surface area contributed by atoms with Crippen molar-refractivity contribution in [2.75, 3.05) is 6.73 Å². The van der Waals surface area contributed by atoms with Gasteiger partial charge in [-0.25, -0.2) is 9.69 Å². The Kier molecular flexibility index (Phi) is 6.77. The van der Waals surface area contributed by atoms with Crippen molar-refractivity contribution in [3.05, 3.63) is 111 Å². The number of hydrogen-bond acceptors (Lipinski definition) is 5. The zero-order valence-electron chi connectivity index (χ0n) is 17.5. The minimum absolute atomic E-state index is 0.0955. The highest BCUT2D eigenvalue weighted by Gasteiger charge is 2.36. The third kappa shape index (κ3) is 4.85. The van der Waals surface area contributed by atoms with E-state index < -0.39 is 30.4 Å². The van der Waals surface area contributed by atoms with Crippen molar-refractivity contribution in [1.82, 2.24) is 10.2 Å². The van der Waals surface area contributed by atoms with Gasteiger partial charge in [0.15, 0.2) is 6.73 Å². The number of carbonyl (C=O) groups is 4. The van der Waals surface area contributed by atoms with Gasteiger partial charge in [-0.15, -0.1) is 0 Å². The second-order valence-corrected chi connectivity index (χ2v) is 8.04. The van der Waals surface area contributed by atoms with Gasteiger partial charge < -0.3 is 10.1 Å². The number of carbonyl (C=O) groups excluding carboxylic acids is 4. The van der Waals surface area contributed by atoms with Crippen LogP contribution in [-0.2, 0) is 9.53 Å². The van der Waals surface area contributed by atoms with Crippen LogP contribution in [0.5, 0.6) is 0 Å². The van der Waals surface area contributed by atoms with Crippen LogP contribution in [0.2, 0.25) is 10.0 Å². The molecule has 34 heavy (non-hydrogen) atoms. The van der Waals surface area contributed by atoms with E-state index in [2.05, 4.69) is 5.32 Å². The smallest absolute Gasteiger partial charge is 0.356 e. The van der Waals surface area contributed by atoms with Gasteiger partial charge >= 0.3 is 5.97 Å². The summed E-state index contributed by atoms with van der Waals surface area (Å²) in [6.45, 7) is -0.616. The van der Waals surface area contributed by atoms with Crippen LogP contribution in [0.3, 0.4) is 0 Å². The standard InChI is InChI=1S/C25H16Cl2N2O5/c26-16-10-11-19(20(27)13-16)22(30)28-21(12-15-6-2-1-3-7-15)25(33)34-14-29-23(31)17-8-4-5-9-18(17)24(29)32/h1-13H,14H2,(H,28,30)/b21-12-. The molecule has 7 nitrogen and oxygen atoms in total. The number of nitrogens with one attached hydrogen (secondary N) is 1. The summed E-state index contributed by atoms with van der Waals surface area (Å²) in [7, 11) is 0. The molecule has 0 saturated carbocycles. The monoisotopic (exact) mass is 494 g/mol. The summed E-state index contributed by atoms with van der Waals surface area (Å²) in [5, 5.41) is 2.94. The molecule has 0 aromatic heterocycles. The summed E-state index contributed by atoms with van der Waals surface area (Å²) in [5.41, 5.74) is 0.957. The second kappa shape index (κ2) is 9.91. The van der Waals surface area contributed by atoms with Crippen molar-refractivity contribution in [2.45, 2.75) is 0 Å². The Balaban J connectivity index is 1.54. The molecule has 0 aliphatic carbocycles. The van der Waals surface area contributed by atoms with E-state index in [-0.39, 0.29) is 27.4 Å². The highest BCUT2D eigenvalue weighted by molar-refractivity contribution is 6.36. The van der Waals surface area contributed by atoms with Gasteiger partial charge in [0, 0.05) is 5.02 Å². The van der Waals surface area contributed by atoms with Crippen LogP contribution in [-0.4, -0.2) is 35.3 Å². The molecule has 1 aliphatic heterocycles. The Bertz CT molecular complexity index is 1300. The Morgan fingerprint density at radius 1 is 0.882 bits per heavy atom. The molecule has 0 fully saturated rings. The molecule has 3 amide bonds. The normalized spacial score (nSPS) is 13.0. The van der Waals surface area contributed by atoms with Gasteiger partial charge in [-0.2, -0.15) is 0 Å². The average Bonchev–Trinajstić information content (AvgIpc) is 3.07. The summed E-state index contributed by atoms with van der Waals surface area (Å²) in [6.07, 6.45) is 1.41. The third-order valence-corrected chi connectivity index (χ3v) is 5.51. The lowest BCUT2D eigenvalue weighted by Crippen LogP contribution is -2.35. The van der Waals surface area contributed by atoms with Crippen LogP contribution >= 0.6 is 23.2 Å². The first-order chi connectivity index (χ1) is 16.3. The number of nitrogens with zero attached hydrogens (tertiary/aromatic N) is 1. The minimum atomic E-state index is -0.946. The lowest BCUT2D eigenvalue weighted by molar-refractivity contribution is -0.141. The second-order valence-electron chi connectivity index (χ2n) is 7.19. The predicted octanol–water partition coefficient (Wildman–Crippen LogP) is 4.56. The van der Waals surface area contributed by atoms with Gasteiger partial charge in [-0.05, 0) is 42.0 Å². The zero-order chi connectivity index (χ0) is 24.2. The first kappa shape index (κ1) is 23.2. The SMILES string of the molecule is O=C(OCN1C(=O)c2ccccc2C1=O)/C(=C/c1ccccc1)NC(=O)c1ccc(Cl)cc1Cl. The Morgan fingerprint density at radius 2 is 1.50 bits per heavy atom. The molecule has 0 atom stereocenters. The maximum absolute atomic E-state index is 12.9. The van der Waals surface area contributed by atoms with Gasteiger partial charge in [-0.3, -0.25) is 14.4 Å². The van der Waals surface area contributed by atoms with Gasteiger partial charge in [0.05, 0.1) is 21.7 Å². The van der Waals surface area contributed by atoms with E-state index in [4.69, 9.17) is 27.9 Å². The number of amides is 3. The van der Waals surface area contributed by atoms with E-state index in [1.165, 1.54) is 36.4 Å². The molecule has 0 saturated heterocycles. The van der Waals surface area contributed by atoms with Crippen LogP contribution in [0.4, 0.5) is 0 Å². The number of esters is 1. The summed E-state index contributed by atoms with van der Waals surface area (Å²) < 4.78 is 5.23. The number of hydrogen-bond donors (Lipinski definition) is 1. The van der Waals surface area contributed by atoms with Crippen molar-refractivity contribution >= 4 is 53.0 Å². The quantitative estimate of drug-likeness (QED) is 0.308. The van der Waals surface area contributed by atoms with E-state index in [1.807, 2.05) is 0 Å². The summed E-state index contributed by atoms with van der Waals surface area (Å²) >= 11 is 12.0. The van der Waals surface area contributed by atoms with Crippen LogP contribution in [0.25, 0.3) is 6.08 Å². The maximum atomic E-state index is 12.9. The average molecular weight is 495 g/mol. The molecule has 0 bridgehead atoms. The van der Waals surface area contributed by atoms with Crippen LogP contribution in [0, 0.1) is 0 Å². The van der Waals surface area contributed by atoms with E-state index >= 15 is 0 Å². The first-order valence-electron chi connectivity index (χ1n) is 10.0. The third-order valence-electron chi connectivity index (χ3n) is 4.96. The van der Waals surface area contributed by atoms with E-state index in [0.717, 1.165) is 4.90 Å². The van der Waals surface area contributed by atoms with Crippen molar-refractivity contribution in [3.63, 3.8) is 0 Å². The molecule has 1 heterocycles. The number of rotatable bonds is 6. The molecule has 0 unspecified atom stereocenters. The molecule has 3 aromatic carbocycles. The predicted molar refractivity (Wildman–Crippen MR) is 126 cm³/mol. The number of benzene rings is 3. The van der Waals surface area contributed by atoms with Gasteiger partial charge in [0.2, 0.25) is 0 Å². The largest absolute Gasteiger partial charge is 0.439 e. The van der Waals surface area contributed by atoms with Crippen molar-refractivity contribution in [2.24, 2.45) is 0 Å². The summed E-state index contributed by atoms with van der Waals surface area (Å²) in [6, 6.07) is 19.4. The lowest BCUT2D eigenvalue weighted by Gasteiger charge is -2.16. The van der Waals surface area contributed by atoms with E-state index in [9.17, 15) is 19.2 Å². The maximum Gasteiger partial charge on any atom is 0.356 e.